The van der Waals surface area contributed by atoms with Gasteiger partial charge in [0.1, 0.15) is 5.69 Å². The van der Waals surface area contributed by atoms with E-state index in [1.54, 1.807) is 6.07 Å². The summed E-state index contributed by atoms with van der Waals surface area (Å²) in [6, 6.07) is 5.06. The Labute approximate surface area is 116 Å². The van der Waals surface area contributed by atoms with Crippen molar-refractivity contribution < 1.29 is 15.1 Å². The fourth-order valence-electron chi connectivity index (χ4n) is 1.52. The summed E-state index contributed by atoms with van der Waals surface area (Å²) in [4.78, 5) is 10.6. The van der Waals surface area contributed by atoms with Crippen LogP contribution in [0, 0.1) is 10.1 Å². The van der Waals surface area contributed by atoms with E-state index in [0.717, 1.165) is 5.56 Å². The average molecular weight is 286 g/mol. The summed E-state index contributed by atoms with van der Waals surface area (Å²) in [5, 5.41) is 31.8. The highest BCUT2D eigenvalue weighted by atomic mass is 32.2. The number of nitrogens with zero attached hydrogens (tertiary/aromatic N) is 1. The summed E-state index contributed by atoms with van der Waals surface area (Å²) >= 11 is 1.43. The predicted octanol–water partition coefficient (Wildman–Crippen LogP) is 1.61. The summed E-state index contributed by atoms with van der Waals surface area (Å²) in [7, 11) is 0. The van der Waals surface area contributed by atoms with Gasteiger partial charge in [0.2, 0.25) is 0 Å². The van der Waals surface area contributed by atoms with E-state index < -0.39 is 11.0 Å². The number of nitro benzene ring substituents is 1. The third-order valence-electron chi connectivity index (χ3n) is 2.42. The lowest BCUT2D eigenvalue weighted by atomic mass is 10.2. The number of aliphatic hydroxyl groups is 2. The smallest absolute Gasteiger partial charge is 0.292 e. The molecule has 1 rings (SSSR count). The van der Waals surface area contributed by atoms with Crippen LogP contribution in [0.5, 0.6) is 0 Å². The maximum atomic E-state index is 11.0. The van der Waals surface area contributed by atoms with Gasteiger partial charge in [-0.05, 0) is 18.6 Å². The fraction of sp³-hybridized carbons (Fsp3) is 0.500. The molecule has 0 radical (unpaired) electrons. The molecule has 7 heteroatoms. The van der Waals surface area contributed by atoms with Gasteiger partial charge < -0.3 is 15.5 Å². The van der Waals surface area contributed by atoms with Crippen molar-refractivity contribution in [2.24, 2.45) is 0 Å². The second kappa shape index (κ2) is 7.98. The highest BCUT2D eigenvalue weighted by molar-refractivity contribution is 7.98. The molecule has 1 unspecified atom stereocenters. The van der Waals surface area contributed by atoms with Crippen LogP contribution in [0.15, 0.2) is 18.2 Å². The fourth-order valence-corrected chi connectivity index (χ4v) is 2.43. The Morgan fingerprint density at radius 1 is 1.53 bits per heavy atom. The van der Waals surface area contributed by atoms with E-state index in [1.165, 1.54) is 17.8 Å². The van der Waals surface area contributed by atoms with Gasteiger partial charge in [-0.25, -0.2) is 0 Å². The molecule has 0 saturated heterocycles. The summed E-state index contributed by atoms with van der Waals surface area (Å²) < 4.78 is 0. The van der Waals surface area contributed by atoms with Gasteiger partial charge >= 0.3 is 0 Å². The quantitative estimate of drug-likeness (QED) is 0.496. The minimum absolute atomic E-state index is 0.0580. The molecular formula is C12H18N2O4S. The van der Waals surface area contributed by atoms with Crippen LogP contribution in [0.25, 0.3) is 0 Å². The van der Waals surface area contributed by atoms with Crippen molar-refractivity contribution in [1.29, 1.82) is 0 Å². The topological polar surface area (TPSA) is 95.6 Å². The molecule has 1 aromatic carbocycles. The second-order valence-corrected chi connectivity index (χ2v) is 5.02. The van der Waals surface area contributed by atoms with Crippen molar-refractivity contribution in [2.45, 2.75) is 18.8 Å². The Hall–Kier alpha value is -1.31. The Morgan fingerprint density at radius 2 is 2.26 bits per heavy atom. The van der Waals surface area contributed by atoms with Crippen LogP contribution in [0.4, 0.5) is 11.4 Å². The number of hydrogen-bond acceptors (Lipinski definition) is 6. The zero-order chi connectivity index (χ0) is 14.3. The molecule has 0 aromatic heterocycles. The molecule has 1 atom stereocenters. The van der Waals surface area contributed by atoms with Crippen molar-refractivity contribution >= 4 is 23.1 Å². The van der Waals surface area contributed by atoms with Gasteiger partial charge in [0, 0.05) is 24.1 Å². The molecule has 0 aliphatic heterocycles. The van der Waals surface area contributed by atoms with Gasteiger partial charge in [0.15, 0.2) is 0 Å². The van der Waals surface area contributed by atoms with Gasteiger partial charge in [-0.15, -0.1) is 0 Å². The lowest BCUT2D eigenvalue weighted by Crippen LogP contribution is -2.14. The number of benzene rings is 1. The average Bonchev–Trinajstić information content (AvgIpc) is 2.40. The number of rotatable bonds is 8. The van der Waals surface area contributed by atoms with E-state index in [2.05, 4.69) is 5.32 Å². The van der Waals surface area contributed by atoms with E-state index in [4.69, 9.17) is 5.11 Å². The Morgan fingerprint density at radius 3 is 2.84 bits per heavy atom. The molecule has 0 heterocycles. The van der Waals surface area contributed by atoms with Crippen molar-refractivity contribution in [3.63, 3.8) is 0 Å². The van der Waals surface area contributed by atoms with E-state index in [0.29, 0.717) is 23.7 Å². The van der Waals surface area contributed by atoms with Crippen LogP contribution in [0.3, 0.4) is 0 Å². The Kier molecular flexibility index (Phi) is 6.61. The van der Waals surface area contributed by atoms with Gasteiger partial charge in [-0.3, -0.25) is 10.1 Å². The number of nitrogens with one attached hydrogen (secondary N) is 1. The minimum atomic E-state index is -0.749. The number of hydrogen-bond donors (Lipinski definition) is 3. The first-order chi connectivity index (χ1) is 9.08. The van der Waals surface area contributed by atoms with E-state index in [-0.39, 0.29) is 12.3 Å². The minimum Gasteiger partial charge on any atom is -0.394 e. The van der Waals surface area contributed by atoms with Gasteiger partial charge in [-0.1, -0.05) is 6.07 Å². The Balaban J connectivity index is 2.70. The first-order valence-electron chi connectivity index (χ1n) is 5.96. The lowest BCUT2D eigenvalue weighted by Gasteiger charge is -2.08. The second-order valence-electron chi connectivity index (χ2n) is 3.99. The number of nitro groups is 1. The summed E-state index contributed by atoms with van der Waals surface area (Å²) in [6.45, 7) is 2.23. The first kappa shape index (κ1) is 15.7. The van der Waals surface area contributed by atoms with Crippen LogP contribution >= 0.6 is 11.8 Å². The molecule has 3 N–H and O–H groups in total. The summed E-state index contributed by atoms with van der Waals surface area (Å²) in [6.07, 6.45) is -0.749. The predicted molar refractivity (Wildman–Crippen MR) is 76.5 cm³/mol. The number of anilines is 1. The van der Waals surface area contributed by atoms with E-state index >= 15 is 0 Å². The zero-order valence-electron chi connectivity index (χ0n) is 10.7. The third kappa shape index (κ3) is 5.06. The highest BCUT2D eigenvalue weighted by Crippen LogP contribution is 2.27. The van der Waals surface area contributed by atoms with Crippen LogP contribution in [0.2, 0.25) is 0 Å². The first-order valence-corrected chi connectivity index (χ1v) is 7.11. The molecule has 106 valence electrons. The molecule has 0 fully saturated rings. The lowest BCUT2D eigenvalue weighted by molar-refractivity contribution is -0.384. The normalized spacial score (nSPS) is 12.2. The maximum absolute atomic E-state index is 11.0. The van der Waals surface area contributed by atoms with Crippen LogP contribution in [-0.4, -0.2) is 40.1 Å². The molecule has 19 heavy (non-hydrogen) atoms. The van der Waals surface area contributed by atoms with Gasteiger partial charge in [0.05, 0.1) is 17.6 Å². The van der Waals surface area contributed by atoms with Crippen molar-refractivity contribution in [3.05, 3.63) is 33.9 Å². The molecule has 0 amide bonds. The Bertz CT molecular complexity index is 428. The molecule has 0 aliphatic carbocycles. The molecule has 0 spiro atoms. The SMILES string of the molecule is CCNc1ccc(CSCC(O)CO)cc1[N+](=O)[O-]. The standard InChI is InChI=1S/C12H18N2O4S/c1-2-13-11-4-3-9(5-12(11)14(17)18)7-19-8-10(16)6-15/h3-5,10,13,15-16H,2,6-8H2,1H3. The van der Waals surface area contributed by atoms with Crippen LogP contribution in [-0.2, 0) is 5.75 Å². The largest absolute Gasteiger partial charge is 0.394 e. The monoisotopic (exact) mass is 286 g/mol. The van der Waals surface area contributed by atoms with Crippen LogP contribution < -0.4 is 5.32 Å². The molecule has 6 nitrogen and oxygen atoms in total. The number of thioether (sulfide) groups is 1. The van der Waals surface area contributed by atoms with Crippen molar-refractivity contribution in [3.8, 4) is 0 Å². The maximum Gasteiger partial charge on any atom is 0.292 e. The molecule has 0 saturated carbocycles. The van der Waals surface area contributed by atoms with Gasteiger partial charge in [0.25, 0.3) is 5.69 Å². The molecular weight excluding hydrogens is 268 g/mol. The van der Waals surface area contributed by atoms with E-state index in [9.17, 15) is 15.2 Å². The molecule has 0 aliphatic rings. The summed E-state index contributed by atoms with van der Waals surface area (Å²) in [5.74, 6) is 0.962. The summed E-state index contributed by atoms with van der Waals surface area (Å²) in [5.41, 5.74) is 1.39. The van der Waals surface area contributed by atoms with Crippen molar-refractivity contribution in [1.82, 2.24) is 0 Å². The molecule has 1 aromatic rings. The third-order valence-corrected chi connectivity index (χ3v) is 3.57. The number of aliphatic hydroxyl groups excluding tert-OH is 2. The van der Waals surface area contributed by atoms with Crippen molar-refractivity contribution in [2.75, 3.05) is 24.2 Å². The van der Waals surface area contributed by atoms with E-state index in [1.807, 2.05) is 13.0 Å². The van der Waals surface area contributed by atoms with Gasteiger partial charge in [-0.2, -0.15) is 11.8 Å². The molecule has 0 bridgehead atoms. The van der Waals surface area contributed by atoms with Crippen LogP contribution in [0.1, 0.15) is 12.5 Å². The highest BCUT2D eigenvalue weighted by Gasteiger charge is 2.14. The zero-order valence-corrected chi connectivity index (χ0v) is 11.5.